The molecule has 0 aliphatic rings. The van der Waals surface area contributed by atoms with Crippen LogP contribution in [0.3, 0.4) is 0 Å². The summed E-state index contributed by atoms with van der Waals surface area (Å²) in [7, 11) is 0. The van der Waals surface area contributed by atoms with Gasteiger partial charge in [0.1, 0.15) is 5.00 Å². The normalized spacial score (nSPS) is 11.0. The molecule has 3 aromatic rings. The average molecular weight is 350 g/mol. The van der Waals surface area contributed by atoms with Crippen molar-refractivity contribution >= 4 is 55.6 Å². The molecule has 0 aliphatic heterocycles. The first kappa shape index (κ1) is 15.3. The monoisotopic (exact) mass is 350 g/mol. The molecule has 7 heteroatoms. The number of rotatable bonds is 4. The summed E-state index contributed by atoms with van der Waals surface area (Å²) in [5.41, 5.74) is 8.33. The van der Waals surface area contributed by atoms with E-state index in [0.717, 1.165) is 24.3 Å². The number of anilines is 1. The Morgan fingerprint density at radius 1 is 1.36 bits per heavy atom. The highest BCUT2D eigenvalue weighted by Gasteiger charge is 2.21. The summed E-state index contributed by atoms with van der Waals surface area (Å²) in [5.74, 6) is -0.357. The molecule has 0 radical (unpaired) electrons. The average Bonchev–Trinajstić information content (AvgIpc) is 3.00. The van der Waals surface area contributed by atoms with Crippen molar-refractivity contribution in [2.24, 2.45) is 0 Å². The van der Waals surface area contributed by atoms with Crippen molar-refractivity contribution in [2.75, 3.05) is 12.3 Å². The Morgan fingerprint density at radius 2 is 2.14 bits per heavy atom. The van der Waals surface area contributed by atoms with Crippen LogP contribution in [0.2, 0.25) is 0 Å². The van der Waals surface area contributed by atoms with Crippen molar-refractivity contribution in [3.05, 3.63) is 35.4 Å². The maximum atomic E-state index is 12.0. The predicted octanol–water partition coefficient (Wildman–Crippen LogP) is 4.58. The molecule has 2 N–H and O–H groups in total. The van der Waals surface area contributed by atoms with Crippen LogP contribution in [-0.2, 0) is 4.74 Å². The molecule has 0 saturated heterocycles. The van der Waals surface area contributed by atoms with E-state index < -0.39 is 0 Å². The third-order valence-electron chi connectivity index (χ3n) is 3.06. The van der Waals surface area contributed by atoms with Crippen LogP contribution in [0.15, 0.2) is 32.8 Å². The van der Waals surface area contributed by atoms with Gasteiger partial charge in [-0.1, -0.05) is 12.1 Å². The molecule has 0 aliphatic carbocycles. The van der Waals surface area contributed by atoms with Gasteiger partial charge in [-0.3, -0.25) is 0 Å². The Bertz CT molecular complexity index is 806. The van der Waals surface area contributed by atoms with Crippen LogP contribution in [0.25, 0.3) is 10.2 Å². The van der Waals surface area contributed by atoms with Crippen LogP contribution in [0, 0.1) is 6.92 Å². The third kappa shape index (κ3) is 2.84. The molecule has 114 valence electrons. The lowest BCUT2D eigenvalue weighted by Crippen LogP contribution is -2.07. The van der Waals surface area contributed by atoms with E-state index in [1.165, 1.54) is 11.3 Å². The van der Waals surface area contributed by atoms with Gasteiger partial charge in [0, 0.05) is 0 Å². The molecule has 0 amide bonds. The van der Waals surface area contributed by atoms with Gasteiger partial charge in [-0.05, 0) is 43.3 Å². The molecule has 22 heavy (non-hydrogen) atoms. The van der Waals surface area contributed by atoms with Crippen molar-refractivity contribution in [1.82, 2.24) is 4.98 Å². The maximum Gasteiger partial charge on any atom is 0.341 e. The first-order chi connectivity index (χ1) is 10.6. The lowest BCUT2D eigenvalue weighted by atomic mass is 10.2. The highest BCUT2D eigenvalue weighted by atomic mass is 32.2. The largest absolute Gasteiger partial charge is 0.462 e. The topological polar surface area (TPSA) is 65.2 Å². The number of para-hydroxylation sites is 1. The van der Waals surface area contributed by atoms with E-state index in [9.17, 15) is 4.79 Å². The Balaban J connectivity index is 1.92. The van der Waals surface area contributed by atoms with E-state index in [0.29, 0.717) is 17.2 Å². The zero-order valence-corrected chi connectivity index (χ0v) is 14.5. The van der Waals surface area contributed by atoms with Gasteiger partial charge in [-0.2, -0.15) is 0 Å². The molecular weight excluding hydrogens is 336 g/mol. The number of thiophene rings is 1. The van der Waals surface area contributed by atoms with Gasteiger partial charge in [-0.15, -0.1) is 22.7 Å². The highest BCUT2D eigenvalue weighted by molar-refractivity contribution is 8.03. The third-order valence-corrected chi connectivity index (χ3v) is 6.57. The van der Waals surface area contributed by atoms with E-state index in [1.807, 2.05) is 25.1 Å². The van der Waals surface area contributed by atoms with Crippen LogP contribution in [0.4, 0.5) is 5.00 Å². The Hall–Kier alpha value is -1.57. The Morgan fingerprint density at radius 3 is 2.86 bits per heavy atom. The molecule has 0 saturated carbocycles. The summed E-state index contributed by atoms with van der Waals surface area (Å²) >= 11 is 4.59. The number of esters is 1. The number of nitrogens with zero attached hydrogens (tertiary/aromatic N) is 1. The summed E-state index contributed by atoms with van der Waals surface area (Å²) < 4.78 is 8.15. The molecule has 4 nitrogen and oxygen atoms in total. The van der Waals surface area contributed by atoms with Crippen LogP contribution >= 0.6 is 34.4 Å². The lowest BCUT2D eigenvalue weighted by Gasteiger charge is -2.02. The Labute approximate surface area is 140 Å². The number of ether oxygens (including phenoxy) is 1. The highest BCUT2D eigenvalue weighted by Crippen LogP contribution is 2.43. The minimum absolute atomic E-state index is 0.341. The van der Waals surface area contributed by atoms with E-state index in [1.54, 1.807) is 30.0 Å². The van der Waals surface area contributed by atoms with E-state index in [-0.39, 0.29) is 5.97 Å². The van der Waals surface area contributed by atoms with Gasteiger partial charge in [-0.25, -0.2) is 9.78 Å². The summed E-state index contributed by atoms with van der Waals surface area (Å²) in [5, 5.41) is 0.500. The van der Waals surface area contributed by atoms with Crippen LogP contribution in [0.1, 0.15) is 22.8 Å². The van der Waals surface area contributed by atoms with Gasteiger partial charge in [0.05, 0.1) is 26.6 Å². The molecule has 3 rings (SSSR count). The second kappa shape index (κ2) is 6.28. The molecule has 0 spiro atoms. The fourth-order valence-electron chi connectivity index (χ4n) is 2.04. The SMILES string of the molecule is CCOC(=O)c1c(N)sc(Sc2nc3ccccc3s2)c1C. The number of benzene rings is 1. The number of carbonyl (C=O) groups excluding carboxylic acids is 1. The second-order valence-corrected chi connectivity index (χ2v) is 8.12. The number of hydrogen-bond acceptors (Lipinski definition) is 7. The van der Waals surface area contributed by atoms with Gasteiger partial charge < -0.3 is 10.5 Å². The molecule has 0 fully saturated rings. The molecule has 0 atom stereocenters. The fourth-order valence-corrected chi connectivity index (χ4v) is 5.61. The number of carbonyl (C=O) groups is 1. The van der Waals surface area contributed by atoms with Gasteiger partial charge >= 0.3 is 5.97 Å². The summed E-state index contributed by atoms with van der Waals surface area (Å²) in [6.07, 6.45) is 0. The van der Waals surface area contributed by atoms with Gasteiger partial charge in [0.15, 0.2) is 4.34 Å². The number of nitrogens with two attached hydrogens (primary N) is 1. The van der Waals surface area contributed by atoms with Crippen molar-refractivity contribution in [3.63, 3.8) is 0 Å². The number of hydrogen-bond donors (Lipinski definition) is 1. The lowest BCUT2D eigenvalue weighted by molar-refractivity contribution is 0.0527. The van der Waals surface area contributed by atoms with Gasteiger partial charge in [0.25, 0.3) is 0 Å². The number of aromatic nitrogens is 1. The molecule has 2 heterocycles. The summed E-state index contributed by atoms with van der Waals surface area (Å²) in [6.45, 7) is 4.02. The smallest absolute Gasteiger partial charge is 0.341 e. The first-order valence-corrected chi connectivity index (χ1v) is 9.14. The minimum Gasteiger partial charge on any atom is -0.462 e. The maximum absolute atomic E-state index is 12.0. The Kier molecular flexibility index (Phi) is 4.37. The number of thiazole rings is 1. The van der Waals surface area contributed by atoms with Crippen molar-refractivity contribution in [3.8, 4) is 0 Å². The van der Waals surface area contributed by atoms with E-state index >= 15 is 0 Å². The minimum atomic E-state index is -0.357. The van der Waals surface area contributed by atoms with Crippen molar-refractivity contribution in [1.29, 1.82) is 0 Å². The van der Waals surface area contributed by atoms with Crippen LogP contribution < -0.4 is 5.73 Å². The molecule has 0 unspecified atom stereocenters. The van der Waals surface area contributed by atoms with Crippen LogP contribution in [0.5, 0.6) is 0 Å². The predicted molar refractivity (Wildman–Crippen MR) is 93.2 cm³/mol. The first-order valence-electron chi connectivity index (χ1n) is 6.69. The zero-order chi connectivity index (χ0) is 15.7. The summed E-state index contributed by atoms with van der Waals surface area (Å²) in [4.78, 5) is 16.6. The molecular formula is C15H14N2O2S3. The molecule has 2 aromatic heterocycles. The van der Waals surface area contributed by atoms with Crippen molar-refractivity contribution in [2.45, 2.75) is 22.4 Å². The number of fused-ring (bicyclic) bond motifs is 1. The van der Waals surface area contributed by atoms with Crippen molar-refractivity contribution < 1.29 is 9.53 Å². The van der Waals surface area contributed by atoms with Gasteiger partial charge in [0.2, 0.25) is 0 Å². The molecule has 0 bridgehead atoms. The number of nitrogen functional groups attached to an aromatic ring is 1. The standard InChI is InChI=1S/C15H14N2O2S3/c1-3-19-13(18)11-8(2)14(21-12(11)16)22-15-17-9-6-4-5-7-10(9)20-15/h4-7H,3,16H2,1-2H3. The quantitative estimate of drug-likeness (QED) is 0.698. The van der Waals surface area contributed by atoms with E-state index in [2.05, 4.69) is 11.1 Å². The fraction of sp³-hybridized carbons (Fsp3) is 0.200. The summed E-state index contributed by atoms with van der Waals surface area (Å²) in [6, 6.07) is 8.03. The molecule has 1 aromatic carbocycles. The zero-order valence-electron chi connectivity index (χ0n) is 12.1. The second-order valence-electron chi connectivity index (χ2n) is 4.52. The van der Waals surface area contributed by atoms with Crippen LogP contribution in [-0.4, -0.2) is 17.6 Å². The van der Waals surface area contributed by atoms with E-state index in [4.69, 9.17) is 10.5 Å².